The van der Waals surface area contributed by atoms with Gasteiger partial charge in [0.05, 0.1) is 11.3 Å². The lowest BCUT2D eigenvalue weighted by atomic mass is 10.1. The molecule has 0 aliphatic heterocycles. The average Bonchev–Trinajstić information content (AvgIpc) is 3.20. The highest BCUT2D eigenvalue weighted by Gasteiger charge is 2.36. The van der Waals surface area contributed by atoms with Gasteiger partial charge in [0, 0.05) is 11.9 Å². The Morgan fingerprint density at radius 2 is 1.64 bits per heavy atom. The molecule has 5 nitrogen and oxygen atoms in total. The van der Waals surface area contributed by atoms with Gasteiger partial charge in [0.15, 0.2) is 0 Å². The van der Waals surface area contributed by atoms with E-state index in [-0.39, 0.29) is 17.2 Å². The maximum atomic E-state index is 13.6. The summed E-state index contributed by atoms with van der Waals surface area (Å²) in [7, 11) is -4.79. The van der Waals surface area contributed by atoms with Crippen LogP contribution in [0.5, 0.6) is 5.75 Å². The minimum Gasteiger partial charge on any atom is -0.404 e. The van der Waals surface area contributed by atoms with E-state index in [0.717, 1.165) is 36.4 Å². The molecule has 0 bridgehead atoms. The van der Waals surface area contributed by atoms with E-state index in [1.165, 1.54) is 41.1 Å². The summed E-state index contributed by atoms with van der Waals surface area (Å²) in [4.78, 5) is -1.81. The summed E-state index contributed by atoms with van der Waals surface area (Å²) in [6, 6.07) is 11.6. The van der Waals surface area contributed by atoms with Crippen LogP contribution in [0.1, 0.15) is 36.6 Å². The van der Waals surface area contributed by atoms with Gasteiger partial charge in [-0.05, 0) is 47.9 Å². The van der Waals surface area contributed by atoms with Crippen molar-refractivity contribution in [2.45, 2.75) is 37.2 Å². The van der Waals surface area contributed by atoms with Crippen LogP contribution in [0.4, 0.5) is 26.3 Å². The van der Waals surface area contributed by atoms with Gasteiger partial charge in [0.1, 0.15) is 21.6 Å². The number of ether oxygens (including phenoxy) is 1. The maximum absolute atomic E-state index is 13.6. The number of halogens is 6. The molecule has 2 aromatic carbocycles. The molecule has 0 radical (unpaired) electrons. The number of alkyl halides is 6. The first kappa shape index (κ1) is 26.9. The van der Waals surface area contributed by atoms with Gasteiger partial charge in [0.25, 0.3) is 0 Å². The molecule has 3 rings (SSSR count). The molecular weight excluding hydrogens is 510 g/mol. The molecule has 0 fully saturated rings. The summed E-state index contributed by atoms with van der Waals surface area (Å²) >= 11 is 0. The number of aromatic nitrogens is 1. The van der Waals surface area contributed by atoms with Crippen molar-refractivity contribution in [2.24, 2.45) is 0 Å². The third-order valence-corrected chi connectivity index (χ3v) is 6.70. The van der Waals surface area contributed by atoms with Crippen LogP contribution in [-0.4, -0.2) is 19.3 Å². The van der Waals surface area contributed by atoms with Gasteiger partial charge in [-0.15, -0.1) is 13.2 Å². The maximum Gasteiger partial charge on any atom is 0.573 e. The molecule has 1 heterocycles. The van der Waals surface area contributed by atoms with Gasteiger partial charge in [-0.25, -0.2) is 8.42 Å². The summed E-state index contributed by atoms with van der Waals surface area (Å²) in [6.45, 7) is 3.42. The Morgan fingerprint density at radius 3 is 2.22 bits per heavy atom. The molecule has 0 aliphatic rings. The van der Waals surface area contributed by atoms with Crippen molar-refractivity contribution < 1.29 is 39.5 Å². The van der Waals surface area contributed by atoms with E-state index in [1.54, 1.807) is 13.8 Å². The normalized spacial score (nSPS) is 13.1. The summed E-state index contributed by atoms with van der Waals surface area (Å²) < 4.78 is 110. The third-order valence-electron chi connectivity index (χ3n) is 4.99. The largest absolute Gasteiger partial charge is 0.573 e. The summed E-state index contributed by atoms with van der Waals surface area (Å²) in [5.74, 6) is -1.33. The van der Waals surface area contributed by atoms with Crippen LogP contribution < -0.4 is 4.74 Å². The SMILES string of the molecule is CC(C)c1cc(/C=C(\C#N)S(=O)(=O)c2ccccc2OC(F)(F)F)cn1-c1ccccc1C(F)(F)F. The van der Waals surface area contributed by atoms with E-state index in [1.807, 2.05) is 0 Å². The number of hydrogen-bond donors (Lipinski definition) is 0. The number of benzene rings is 2. The average molecular weight is 528 g/mol. The highest BCUT2D eigenvalue weighted by molar-refractivity contribution is 7.95. The first-order valence-electron chi connectivity index (χ1n) is 10.3. The summed E-state index contributed by atoms with van der Waals surface area (Å²) in [5.41, 5.74) is -0.693. The van der Waals surface area contributed by atoms with E-state index < -0.39 is 43.5 Å². The molecule has 0 saturated heterocycles. The van der Waals surface area contributed by atoms with Crippen LogP contribution >= 0.6 is 0 Å². The van der Waals surface area contributed by atoms with Crippen LogP contribution in [0.25, 0.3) is 11.8 Å². The predicted molar refractivity (Wildman–Crippen MR) is 119 cm³/mol. The second-order valence-electron chi connectivity index (χ2n) is 7.86. The molecule has 0 N–H and O–H groups in total. The molecule has 0 aliphatic carbocycles. The molecular formula is C24H18F6N2O3S. The highest BCUT2D eigenvalue weighted by Crippen LogP contribution is 2.37. The van der Waals surface area contributed by atoms with Crippen molar-refractivity contribution in [3.8, 4) is 17.5 Å². The minimum absolute atomic E-state index is 0.0602. The molecule has 0 unspecified atom stereocenters. The van der Waals surface area contributed by atoms with E-state index in [4.69, 9.17) is 0 Å². The molecule has 0 saturated carbocycles. The fourth-order valence-corrected chi connectivity index (χ4v) is 4.76. The zero-order valence-electron chi connectivity index (χ0n) is 18.7. The number of sulfone groups is 1. The Morgan fingerprint density at radius 1 is 1.03 bits per heavy atom. The molecule has 0 amide bonds. The Hall–Kier alpha value is -3.72. The van der Waals surface area contributed by atoms with E-state index in [0.29, 0.717) is 5.69 Å². The predicted octanol–water partition coefficient (Wildman–Crippen LogP) is 6.86. The molecule has 190 valence electrons. The van der Waals surface area contributed by atoms with Gasteiger partial charge >= 0.3 is 12.5 Å². The smallest absolute Gasteiger partial charge is 0.404 e. The topological polar surface area (TPSA) is 72.1 Å². The highest BCUT2D eigenvalue weighted by atomic mass is 32.2. The molecule has 12 heteroatoms. The quantitative estimate of drug-likeness (QED) is 0.259. The van der Waals surface area contributed by atoms with Crippen LogP contribution in [0.2, 0.25) is 0 Å². The minimum atomic E-state index is -5.18. The Balaban J connectivity index is 2.17. The van der Waals surface area contributed by atoms with Crippen molar-refractivity contribution in [3.63, 3.8) is 0 Å². The Bertz CT molecular complexity index is 1450. The monoisotopic (exact) mass is 528 g/mol. The molecule has 3 aromatic rings. The first-order chi connectivity index (χ1) is 16.6. The number of nitriles is 1. The zero-order valence-corrected chi connectivity index (χ0v) is 19.5. The summed E-state index contributed by atoms with van der Waals surface area (Å²) in [5, 5.41) is 9.54. The van der Waals surface area contributed by atoms with E-state index >= 15 is 0 Å². The molecule has 0 atom stereocenters. The second-order valence-corrected chi connectivity index (χ2v) is 9.74. The van der Waals surface area contributed by atoms with E-state index in [9.17, 15) is 40.0 Å². The Labute approximate surface area is 202 Å². The van der Waals surface area contributed by atoms with Crippen LogP contribution in [0.3, 0.4) is 0 Å². The molecule has 1 aromatic heterocycles. The second kappa shape index (κ2) is 9.73. The van der Waals surface area contributed by atoms with Crippen molar-refractivity contribution in [1.82, 2.24) is 4.57 Å². The number of para-hydroxylation sites is 2. The number of rotatable bonds is 6. The fraction of sp³-hybridized carbons (Fsp3) is 0.208. The standard InChI is InChI=1S/C24H18F6N2O3S/c1-15(2)20-12-16(14-32(20)19-8-4-3-7-18(19)23(25,26)27)11-17(13-31)36(33,34)22-10-6-5-9-21(22)35-24(28,29)30/h3-12,14-15H,1-2H3/b17-11+. The van der Waals surface area contributed by atoms with Crippen LogP contribution in [0, 0.1) is 11.3 Å². The van der Waals surface area contributed by atoms with Crippen molar-refractivity contribution in [2.75, 3.05) is 0 Å². The zero-order chi connectivity index (χ0) is 26.9. The van der Waals surface area contributed by atoms with Gasteiger partial charge in [-0.3, -0.25) is 0 Å². The van der Waals surface area contributed by atoms with Crippen LogP contribution in [-0.2, 0) is 16.0 Å². The lowest BCUT2D eigenvalue weighted by Gasteiger charge is -2.17. The Kier molecular flexibility index (Phi) is 7.27. The van der Waals surface area contributed by atoms with Gasteiger partial charge < -0.3 is 9.30 Å². The van der Waals surface area contributed by atoms with Gasteiger partial charge in [0.2, 0.25) is 9.84 Å². The van der Waals surface area contributed by atoms with Gasteiger partial charge in [-0.2, -0.15) is 18.4 Å². The summed E-state index contributed by atoms with van der Waals surface area (Å²) in [6.07, 6.45) is -7.74. The van der Waals surface area contributed by atoms with E-state index in [2.05, 4.69) is 4.74 Å². The fourth-order valence-electron chi connectivity index (χ4n) is 3.48. The van der Waals surface area contributed by atoms with Crippen molar-refractivity contribution >= 4 is 15.9 Å². The van der Waals surface area contributed by atoms with Crippen molar-refractivity contribution in [1.29, 1.82) is 5.26 Å². The lowest BCUT2D eigenvalue weighted by molar-refractivity contribution is -0.275. The lowest BCUT2D eigenvalue weighted by Crippen LogP contribution is -2.19. The van der Waals surface area contributed by atoms with Crippen molar-refractivity contribution in [3.05, 3.63) is 82.5 Å². The molecule has 36 heavy (non-hydrogen) atoms. The van der Waals surface area contributed by atoms with Gasteiger partial charge in [-0.1, -0.05) is 38.1 Å². The number of allylic oxidation sites excluding steroid dienone is 1. The third kappa shape index (κ3) is 5.73. The molecule has 0 spiro atoms. The number of hydrogen-bond acceptors (Lipinski definition) is 4. The number of nitrogens with zero attached hydrogens (tertiary/aromatic N) is 2. The first-order valence-corrected chi connectivity index (χ1v) is 11.7. The van der Waals surface area contributed by atoms with Crippen LogP contribution in [0.15, 0.2) is 70.6 Å².